The fraction of sp³-hybridized carbons (Fsp3) is 1.00. The van der Waals surface area contributed by atoms with Crippen LogP contribution in [0.4, 0.5) is 0 Å². The molecule has 1 aliphatic rings. The molecule has 1 aliphatic carbocycles. The monoisotopic (exact) mass is 181 g/mol. The fourth-order valence-electron chi connectivity index (χ4n) is 1.42. The van der Waals surface area contributed by atoms with Gasteiger partial charge >= 0.3 is 0 Å². The molecule has 1 nitrogen and oxygen atoms in total. The van der Waals surface area contributed by atoms with Crippen LogP contribution < -0.4 is 5.73 Å². The van der Waals surface area contributed by atoms with Crippen molar-refractivity contribution in [3.63, 3.8) is 0 Å². The normalized spacial score (nSPS) is 33.0. The van der Waals surface area contributed by atoms with Crippen LogP contribution in [0.1, 0.15) is 25.7 Å². The Balaban J connectivity index is 0.000000810. The molecular weight excluding hydrogens is 166 g/mol. The van der Waals surface area contributed by atoms with Gasteiger partial charge in [-0.25, -0.2) is 0 Å². The molecule has 0 spiro atoms. The lowest BCUT2D eigenvalue weighted by atomic mass is 9.96. The van der Waals surface area contributed by atoms with Crippen molar-refractivity contribution in [1.29, 1.82) is 0 Å². The Kier molecular flexibility index (Phi) is 5.59. The first kappa shape index (κ1) is 10.6. The minimum absolute atomic E-state index is 0. The van der Waals surface area contributed by atoms with E-state index in [9.17, 15) is 0 Å². The minimum atomic E-state index is 0. The Hall–Kier alpha value is 0.600. The zero-order chi connectivity index (χ0) is 6.69. The molecule has 2 atom stereocenters. The van der Waals surface area contributed by atoms with Crippen LogP contribution in [-0.4, -0.2) is 17.5 Å². The van der Waals surface area contributed by atoms with E-state index in [2.05, 4.69) is 6.26 Å². The summed E-state index contributed by atoms with van der Waals surface area (Å²) in [4.78, 5) is 0. The van der Waals surface area contributed by atoms with Crippen molar-refractivity contribution in [1.82, 2.24) is 0 Å². The van der Waals surface area contributed by atoms with Gasteiger partial charge in [-0.2, -0.15) is 11.8 Å². The summed E-state index contributed by atoms with van der Waals surface area (Å²) >= 11 is 1.93. The molecule has 2 N–H and O–H groups in total. The van der Waals surface area contributed by atoms with Crippen molar-refractivity contribution in [3.8, 4) is 0 Å². The number of hydrogen-bond acceptors (Lipinski definition) is 2. The second kappa shape index (κ2) is 5.28. The van der Waals surface area contributed by atoms with Gasteiger partial charge in [0.1, 0.15) is 0 Å². The first-order valence-corrected chi connectivity index (χ1v) is 4.92. The molecule has 10 heavy (non-hydrogen) atoms. The Bertz CT molecular complexity index is 89.7. The van der Waals surface area contributed by atoms with Gasteiger partial charge in [0.25, 0.3) is 0 Å². The quantitative estimate of drug-likeness (QED) is 0.670. The summed E-state index contributed by atoms with van der Waals surface area (Å²) in [6.45, 7) is 0. The fourth-order valence-corrected chi connectivity index (χ4v) is 2.31. The van der Waals surface area contributed by atoms with E-state index in [0.29, 0.717) is 6.04 Å². The first-order valence-electron chi connectivity index (χ1n) is 3.63. The lowest BCUT2D eigenvalue weighted by Gasteiger charge is -2.26. The van der Waals surface area contributed by atoms with E-state index in [1.807, 2.05) is 11.8 Å². The van der Waals surface area contributed by atoms with Gasteiger partial charge in [0.15, 0.2) is 0 Å². The highest BCUT2D eigenvalue weighted by molar-refractivity contribution is 7.99. The van der Waals surface area contributed by atoms with E-state index in [1.54, 1.807) is 0 Å². The van der Waals surface area contributed by atoms with Crippen LogP contribution in [0.25, 0.3) is 0 Å². The van der Waals surface area contributed by atoms with E-state index in [0.717, 1.165) is 5.25 Å². The average Bonchev–Trinajstić information content (AvgIpc) is 1.89. The molecule has 0 amide bonds. The zero-order valence-electron chi connectivity index (χ0n) is 6.38. The van der Waals surface area contributed by atoms with E-state index < -0.39 is 0 Å². The molecule has 0 aliphatic heterocycles. The molecule has 0 heterocycles. The van der Waals surface area contributed by atoms with Crippen molar-refractivity contribution in [2.24, 2.45) is 5.73 Å². The Labute approximate surface area is 73.5 Å². The number of nitrogens with two attached hydrogens (primary N) is 1. The van der Waals surface area contributed by atoms with Gasteiger partial charge in [0.05, 0.1) is 0 Å². The summed E-state index contributed by atoms with van der Waals surface area (Å²) in [5.74, 6) is 0. The van der Waals surface area contributed by atoms with Crippen LogP contribution in [0.15, 0.2) is 0 Å². The van der Waals surface area contributed by atoms with Crippen molar-refractivity contribution < 1.29 is 0 Å². The number of halogens is 1. The molecule has 0 aromatic rings. The zero-order valence-corrected chi connectivity index (χ0v) is 8.01. The Morgan fingerprint density at radius 3 is 2.30 bits per heavy atom. The van der Waals surface area contributed by atoms with Crippen molar-refractivity contribution >= 4 is 24.2 Å². The van der Waals surface area contributed by atoms with Gasteiger partial charge in [0.2, 0.25) is 0 Å². The molecule has 1 rings (SSSR count). The largest absolute Gasteiger partial charge is 0.327 e. The summed E-state index contributed by atoms with van der Waals surface area (Å²) in [7, 11) is 0. The Morgan fingerprint density at radius 2 is 1.90 bits per heavy atom. The molecule has 0 radical (unpaired) electrons. The Morgan fingerprint density at radius 1 is 1.30 bits per heavy atom. The van der Waals surface area contributed by atoms with E-state index in [4.69, 9.17) is 5.73 Å². The van der Waals surface area contributed by atoms with Crippen molar-refractivity contribution in [2.75, 3.05) is 6.26 Å². The summed E-state index contributed by atoms with van der Waals surface area (Å²) in [5.41, 5.74) is 5.87. The molecule has 0 saturated heterocycles. The predicted octanol–water partition coefficient (Wildman–Crippen LogP) is 2.04. The molecule has 3 heteroatoms. The highest BCUT2D eigenvalue weighted by atomic mass is 35.5. The summed E-state index contributed by atoms with van der Waals surface area (Å²) < 4.78 is 0. The molecule has 0 unspecified atom stereocenters. The van der Waals surface area contributed by atoms with Crippen LogP contribution >= 0.6 is 24.2 Å². The third-order valence-electron chi connectivity index (χ3n) is 2.06. The SMILES string of the molecule is CS[C@H]1CCCC[C@@H]1N.Cl. The van der Waals surface area contributed by atoms with Crippen LogP contribution in [0, 0.1) is 0 Å². The van der Waals surface area contributed by atoms with Gasteiger partial charge in [-0.05, 0) is 19.1 Å². The van der Waals surface area contributed by atoms with E-state index in [1.165, 1.54) is 25.7 Å². The number of hydrogen-bond donors (Lipinski definition) is 1. The molecule has 1 fully saturated rings. The lowest BCUT2D eigenvalue weighted by molar-refractivity contribution is 0.454. The summed E-state index contributed by atoms with van der Waals surface area (Å²) in [5, 5.41) is 0.749. The van der Waals surface area contributed by atoms with Crippen molar-refractivity contribution in [2.45, 2.75) is 37.0 Å². The van der Waals surface area contributed by atoms with E-state index in [-0.39, 0.29) is 12.4 Å². The molecule has 0 aromatic heterocycles. The number of rotatable bonds is 1. The van der Waals surface area contributed by atoms with Gasteiger partial charge in [0, 0.05) is 11.3 Å². The molecule has 0 aromatic carbocycles. The minimum Gasteiger partial charge on any atom is -0.327 e. The van der Waals surface area contributed by atoms with Crippen LogP contribution in [0.3, 0.4) is 0 Å². The lowest BCUT2D eigenvalue weighted by Crippen LogP contribution is -2.34. The van der Waals surface area contributed by atoms with Crippen LogP contribution in [0.5, 0.6) is 0 Å². The van der Waals surface area contributed by atoms with Crippen molar-refractivity contribution in [3.05, 3.63) is 0 Å². The smallest absolute Gasteiger partial charge is 0.0196 e. The molecular formula is C7H16ClNS. The second-order valence-corrected chi connectivity index (χ2v) is 3.80. The number of thioether (sulfide) groups is 1. The molecule has 0 bridgehead atoms. The van der Waals surface area contributed by atoms with Gasteiger partial charge < -0.3 is 5.73 Å². The highest BCUT2D eigenvalue weighted by Crippen LogP contribution is 2.25. The first-order chi connectivity index (χ1) is 4.34. The van der Waals surface area contributed by atoms with E-state index >= 15 is 0 Å². The predicted molar refractivity (Wildman–Crippen MR) is 51.0 cm³/mol. The standard InChI is InChI=1S/C7H15NS.ClH/c1-9-7-5-3-2-4-6(7)8;/h6-7H,2-5,8H2,1H3;1H/t6-,7-;/m0./s1. The topological polar surface area (TPSA) is 26.0 Å². The van der Waals surface area contributed by atoms with Gasteiger partial charge in [-0.3, -0.25) is 0 Å². The third kappa shape index (κ3) is 2.69. The summed E-state index contributed by atoms with van der Waals surface area (Å²) in [6, 6.07) is 0.480. The molecule has 62 valence electrons. The van der Waals surface area contributed by atoms with Gasteiger partial charge in [-0.15, -0.1) is 12.4 Å². The highest BCUT2D eigenvalue weighted by Gasteiger charge is 2.19. The van der Waals surface area contributed by atoms with Crippen LogP contribution in [0.2, 0.25) is 0 Å². The summed E-state index contributed by atoms with van der Waals surface area (Å²) in [6.07, 6.45) is 7.47. The maximum absolute atomic E-state index is 5.87. The third-order valence-corrected chi connectivity index (χ3v) is 3.25. The maximum atomic E-state index is 5.87. The van der Waals surface area contributed by atoms with Gasteiger partial charge in [-0.1, -0.05) is 12.8 Å². The molecule has 1 saturated carbocycles. The second-order valence-electron chi connectivity index (χ2n) is 2.72. The maximum Gasteiger partial charge on any atom is 0.0196 e. The van der Waals surface area contributed by atoms with Crippen LogP contribution in [-0.2, 0) is 0 Å². The average molecular weight is 182 g/mol.